The zero-order chi connectivity index (χ0) is 28.8. The average molecular weight is 551 g/mol. The molecule has 214 valence electrons. The third-order valence-corrected chi connectivity index (χ3v) is 7.53. The maximum Gasteiger partial charge on any atom is 0.305 e. The van der Waals surface area contributed by atoms with Crippen LogP contribution >= 0.6 is 0 Å². The van der Waals surface area contributed by atoms with Gasteiger partial charge in [-0.05, 0) is 73.4 Å². The molecule has 4 rings (SSSR count). The molecule has 8 heteroatoms. The van der Waals surface area contributed by atoms with Gasteiger partial charge >= 0.3 is 5.97 Å². The second-order valence-electron chi connectivity index (χ2n) is 10.9. The number of rotatable bonds is 11. The summed E-state index contributed by atoms with van der Waals surface area (Å²) < 4.78 is 16.1. The number of halogens is 1. The largest absolute Gasteiger partial charge is 0.481 e. The first-order valence-corrected chi connectivity index (χ1v) is 14.1. The van der Waals surface area contributed by atoms with E-state index in [1.807, 2.05) is 49.1 Å². The van der Waals surface area contributed by atoms with Gasteiger partial charge in [0.1, 0.15) is 5.82 Å². The number of carbonyl (C=O) groups is 2. The van der Waals surface area contributed by atoms with E-state index in [2.05, 4.69) is 4.57 Å². The summed E-state index contributed by atoms with van der Waals surface area (Å²) in [6.07, 6.45) is 0.644. The summed E-state index contributed by atoms with van der Waals surface area (Å²) in [5.74, 6) is -1.56. The van der Waals surface area contributed by atoms with Crippen LogP contribution in [0.2, 0.25) is 0 Å². The van der Waals surface area contributed by atoms with Crippen molar-refractivity contribution in [2.24, 2.45) is 0 Å². The molecule has 1 aliphatic heterocycles. The third-order valence-electron chi connectivity index (χ3n) is 7.53. The first-order chi connectivity index (χ1) is 19.2. The molecule has 1 unspecified atom stereocenters. The van der Waals surface area contributed by atoms with Crippen LogP contribution in [0.15, 0.2) is 54.6 Å². The minimum absolute atomic E-state index is 0.0261. The third kappa shape index (κ3) is 6.80. The van der Waals surface area contributed by atoms with Gasteiger partial charge in [-0.1, -0.05) is 44.2 Å². The molecule has 1 saturated heterocycles. The maximum atomic E-state index is 14.3. The summed E-state index contributed by atoms with van der Waals surface area (Å²) in [6, 6.07) is 15.9. The van der Waals surface area contributed by atoms with E-state index >= 15 is 0 Å². The minimum Gasteiger partial charge on any atom is -0.481 e. The molecule has 0 saturated carbocycles. The number of likely N-dealkylation sites (tertiary alicyclic amines) is 1. The zero-order valence-corrected chi connectivity index (χ0v) is 23.2. The smallest absolute Gasteiger partial charge is 0.305 e. The molecule has 0 aliphatic carbocycles. The van der Waals surface area contributed by atoms with Crippen LogP contribution in [0.25, 0.3) is 22.4 Å². The molecule has 2 aromatic carbocycles. The van der Waals surface area contributed by atoms with Gasteiger partial charge in [0.2, 0.25) is 0 Å². The lowest BCUT2D eigenvalue weighted by molar-refractivity contribution is -0.139. The van der Waals surface area contributed by atoms with E-state index < -0.39 is 24.6 Å². The summed E-state index contributed by atoms with van der Waals surface area (Å²) in [5.41, 5.74) is 4.65. The number of hydrogen-bond donors (Lipinski definition) is 3. The van der Waals surface area contributed by atoms with E-state index in [0.717, 1.165) is 47.3 Å². The Kier molecular flexibility index (Phi) is 9.76. The SMILES string of the molecule is CC(C)c1c(C(=O)N2CCCCC2)c(-c2ccccc2)c(-c2ccc(F)cc2)n1CCC(O)C[C@@H](O)CC(=O)O. The van der Waals surface area contributed by atoms with Gasteiger partial charge in [0, 0.05) is 30.9 Å². The molecule has 2 atom stereocenters. The highest BCUT2D eigenvalue weighted by molar-refractivity contribution is 6.06. The van der Waals surface area contributed by atoms with Gasteiger partial charge in [0.05, 0.1) is 29.9 Å². The summed E-state index contributed by atoms with van der Waals surface area (Å²) in [7, 11) is 0. The maximum absolute atomic E-state index is 14.3. The van der Waals surface area contributed by atoms with Crippen molar-refractivity contribution in [2.45, 2.75) is 77.0 Å². The number of aliphatic hydroxyl groups excluding tert-OH is 2. The number of aliphatic hydroxyl groups is 2. The molecule has 40 heavy (non-hydrogen) atoms. The van der Waals surface area contributed by atoms with Crippen molar-refractivity contribution in [3.63, 3.8) is 0 Å². The molecule has 2 heterocycles. The van der Waals surface area contributed by atoms with Crippen molar-refractivity contribution in [1.82, 2.24) is 9.47 Å². The fraction of sp³-hybridized carbons (Fsp3) is 0.438. The Hall–Kier alpha value is -3.49. The van der Waals surface area contributed by atoms with Crippen LogP contribution in [-0.4, -0.2) is 62.0 Å². The highest BCUT2D eigenvalue weighted by Crippen LogP contribution is 2.43. The fourth-order valence-electron chi connectivity index (χ4n) is 5.73. The number of aromatic nitrogens is 1. The Labute approximate surface area is 234 Å². The number of hydrogen-bond acceptors (Lipinski definition) is 4. The summed E-state index contributed by atoms with van der Waals surface area (Å²) in [5, 5.41) is 29.8. The van der Waals surface area contributed by atoms with Crippen LogP contribution in [0.4, 0.5) is 4.39 Å². The van der Waals surface area contributed by atoms with Crippen LogP contribution in [0.3, 0.4) is 0 Å². The predicted octanol–water partition coefficient (Wildman–Crippen LogP) is 5.69. The molecule has 1 amide bonds. The van der Waals surface area contributed by atoms with Gasteiger partial charge < -0.3 is 24.8 Å². The molecule has 0 radical (unpaired) electrons. The number of amides is 1. The second kappa shape index (κ2) is 13.2. The first-order valence-electron chi connectivity index (χ1n) is 14.1. The topological polar surface area (TPSA) is 103 Å². The normalized spacial score (nSPS) is 15.3. The van der Waals surface area contributed by atoms with Gasteiger partial charge in [-0.25, -0.2) is 4.39 Å². The van der Waals surface area contributed by atoms with Crippen molar-refractivity contribution in [3.8, 4) is 22.4 Å². The second-order valence-corrected chi connectivity index (χ2v) is 10.9. The molecule has 7 nitrogen and oxygen atoms in total. The average Bonchev–Trinajstić information content (AvgIpc) is 3.27. The number of nitrogens with zero attached hydrogens (tertiary/aromatic N) is 2. The highest BCUT2D eigenvalue weighted by atomic mass is 19.1. The molecule has 0 spiro atoms. The van der Waals surface area contributed by atoms with Crippen LogP contribution in [-0.2, 0) is 11.3 Å². The Bertz CT molecular complexity index is 1300. The zero-order valence-electron chi connectivity index (χ0n) is 23.2. The van der Waals surface area contributed by atoms with Crippen LogP contribution in [0.1, 0.15) is 74.3 Å². The molecule has 3 aromatic rings. The van der Waals surface area contributed by atoms with Crippen molar-refractivity contribution >= 4 is 11.9 Å². The van der Waals surface area contributed by atoms with Gasteiger partial charge in [0.25, 0.3) is 5.91 Å². The molecular formula is C32H39FN2O5. The van der Waals surface area contributed by atoms with Crippen molar-refractivity contribution in [3.05, 3.63) is 71.7 Å². The van der Waals surface area contributed by atoms with Crippen LogP contribution in [0, 0.1) is 5.82 Å². The number of aliphatic carboxylic acids is 1. The van der Waals surface area contributed by atoms with E-state index in [1.165, 1.54) is 12.1 Å². The number of piperidine rings is 1. The van der Waals surface area contributed by atoms with Crippen molar-refractivity contribution in [2.75, 3.05) is 13.1 Å². The molecular weight excluding hydrogens is 511 g/mol. The van der Waals surface area contributed by atoms with E-state index in [9.17, 15) is 24.2 Å². The monoisotopic (exact) mass is 550 g/mol. The summed E-state index contributed by atoms with van der Waals surface area (Å²) >= 11 is 0. The van der Waals surface area contributed by atoms with Crippen LogP contribution < -0.4 is 0 Å². The summed E-state index contributed by atoms with van der Waals surface area (Å²) in [6.45, 7) is 5.79. The van der Waals surface area contributed by atoms with E-state index in [-0.39, 0.29) is 30.5 Å². The molecule has 0 bridgehead atoms. The highest BCUT2D eigenvalue weighted by Gasteiger charge is 2.33. The fourth-order valence-corrected chi connectivity index (χ4v) is 5.73. The van der Waals surface area contributed by atoms with Crippen molar-refractivity contribution < 1.29 is 29.3 Å². The Morgan fingerprint density at radius 1 is 0.900 bits per heavy atom. The van der Waals surface area contributed by atoms with E-state index in [4.69, 9.17) is 5.11 Å². The number of carboxylic acid groups (broad SMARTS) is 1. The Morgan fingerprint density at radius 3 is 2.15 bits per heavy atom. The first kappa shape index (κ1) is 29.5. The minimum atomic E-state index is -1.16. The van der Waals surface area contributed by atoms with E-state index in [1.54, 1.807) is 12.1 Å². The van der Waals surface area contributed by atoms with Crippen molar-refractivity contribution in [1.29, 1.82) is 0 Å². The quantitative estimate of drug-likeness (QED) is 0.285. The lowest BCUT2D eigenvalue weighted by atomic mass is 9.93. The van der Waals surface area contributed by atoms with E-state index in [0.29, 0.717) is 25.2 Å². The Balaban J connectivity index is 1.89. The van der Waals surface area contributed by atoms with Gasteiger partial charge in [-0.3, -0.25) is 9.59 Å². The Morgan fingerprint density at radius 2 is 1.55 bits per heavy atom. The van der Waals surface area contributed by atoms with Gasteiger partial charge in [0.15, 0.2) is 0 Å². The number of carbonyl (C=O) groups excluding carboxylic acids is 1. The molecule has 1 aromatic heterocycles. The number of carboxylic acids is 1. The lowest BCUT2D eigenvalue weighted by Crippen LogP contribution is -2.36. The van der Waals surface area contributed by atoms with Gasteiger partial charge in [-0.2, -0.15) is 0 Å². The summed E-state index contributed by atoms with van der Waals surface area (Å²) in [4.78, 5) is 27.2. The molecule has 1 aliphatic rings. The number of benzene rings is 2. The lowest BCUT2D eigenvalue weighted by Gasteiger charge is -2.28. The predicted molar refractivity (Wildman–Crippen MR) is 153 cm³/mol. The van der Waals surface area contributed by atoms with Crippen LogP contribution in [0.5, 0.6) is 0 Å². The van der Waals surface area contributed by atoms with Gasteiger partial charge in [-0.15, -0.1) is 0 Å². The molecule has 3 N–H and O–H groups in total. The standard InChI is InChI=1S/C32H39FN2O5/c1-21(2)30-29(32(40)34-16-7-4-8-17-34)28(22-9-5-3-6-10-22)31(23-11-13-24(33)14-12-23)35(30)18-15-25(36)19-26(37)20-27(38)39/h3,5-6,9-14,21,25-26,36-37H,4,7-8,15-20H2,1-2H3,(H,38,39)/t25?,26-/m1/s1. The molecule has 1 fully saturated rings.